The number of nitrogens with one attached hydrogen (secondary N) is 1. The van der Waals surface area contributed by atoms with Crippen LogP contribution >= 0.6 is 12.4 Å². The van der Waals surface area contributed by atoms with E-state index in [4.69, 9.17) is 5.73 Å². The summed E-state index contributed by atoms with van der Waals surface area (Å²) >= 11 is 0. The zero-order valence-electron chi connectivity index (χ0n) is 17.0. The molecule has 0 aliphatic carbocycles. The van der Waals surface area contributed by atoms with E-state index in [9.17, 15) is 9.59 Å². The van der Waals surface area contributed by atoms with Crippen LogP contribution in [0.2, 0.25) is 0 Å². The molecule has 1 aromatic carbocycles. The van der Waals surface area contributed by atoms with Gasteiger partial charge >= 0.3 is 0 Å². The van der Waals surface area contributed by atoms with Crippen LogP contribution in [0.4, 0.5) is 5.69 Å². The topological polar surface area (TPSA) is 75.4 Å². The first kappa shape index (κ1) is 23.4. The fraction of sp³-hybridized carbons (Fsp3) is 0.619. The van der Waals surface area contributed by atoms with Gasteiger partial charge in [0.1, 0.15) is 0 Å². The average molecular weight is 396 g/mol. The quantitative estimate of drug-likeness (QED) is 0.799. The summed E-state index contributed by atoms with van der Waals surface area (Å²) in [5.74, 6) is 0.773. The normalized spacial score (nSPS) is 20.0. The predicted molar refractivity (Wildman–Crippen MR) is 113 cm³/mol. The molecule has 0 radical (unpaired) electrons. The van der Waals surface area contributed by atoms with Crippen LogP contribution in [0, 0.1) is 11.3 Å². The van der Waals surface area contributed by atoms with Gasteiger partial charge in [-0.3, -0.25) is 9.59 Å². The number of hydrogen-bond donors (Lipinski definition) is 2. The molecule has 6 heteroatoms. The first-order valence-corrected chi connectivity index (χ1v) is 9.56. The Bertz CT molecular complexity index is 625. The SMILES string of the molecule is CC1CCN(C(=O)Cc2ccc(NC(=O)CC(C)(C)C)cc2)C(CN)C1.Cl. The lowest BCUT2D eigenvalue weighted by molar-refractivity contribution is -0.134. The Morgan fingerprint density at radius 1 is 1.22 bits per heavy atom. The van der Waals surface area contributed by atoms with Gasteiger partial charge in [-0.15, -0.1) is 12.4 Å². The zero-order chi connectivity index (χ0) is 19.3. The highest BCUT2D eigenvalue weighted by Gasteiger charge is 2.28. The summed E-state index contributed by atoms with van der Waals surface area (Å²) < 4.78 is 0. The van der Waals surface area contributed by atoms with E-state index in [1.807, 2.05) is 49.9 Å². The summed E-state index contributed by atoms with van der Waals surface area (Å²) in [6.07, 6.45) is 2.88. The summed E-state index contributed by atoms with van der Waals surface area (Å²) in [6, 6.07) is 7.70. The molecule has 1 aliphatic rings. The van der Waals surface area contributed by atoms with Crippen molar-refractivity contribution in [2.75, 3.05) is 18.4 Å². The predicted octanol–water partition coefficient (Wildman–Crippen LogP) is 3.61. The molecule has 0 saturated carbocycles. The second kappa shape index (κ2) is 10.1. The Kier molecular flexibility index (Phi) is 8.76. The van der Waals surface area contributed by atoms with Crippen molar-refractivity contribution in [3.63, 3.8) is 0 Å². The molecule has 2 atom stereocenters. The molecule has 1 aliphatic heterocycles. The summed E-state index contributed by atoms with van der Waals surface area (Å²) in [7, 11) is 0. The van der Waals surface area contributed by atoms with E-state index in [1.54, 1.807) is 0 Å². The number of carbonyl (C=O) groups excluding carboxylic acids is 2. The van der Waals surface area contributed by atoms with E-state index in [0.29, 0.717) is 25.3 Å². The van der Waals surface area contributed by atoms with Gasteiger partial charge in [-0.1, -0.05) is 39.8 Å². The molecule has 1 saturated heterocycles. The van der Waals surface area contributed by atoms with Gasteiger partial charge < -0.3 is 16.0 Å². The average Bonchev–Trinajstić information content (AvgIpc) is 2.54. The number of amides is 2. The standard InChI is InChI=1S/C21H33N3O2.ClH/c1-15-9-10-24(18(11-15)14-22)20(26)12-16-5-7-17(8-6-16)23-19(25)13-21(2,3)4;/h5-8,15,18H,9-14,22H2,1-4H3,(H,23,25);1H. The molecule has 1 fully saturated rings. The van der Waals surface area contributed by atoms with Crippen LogP contribution in [0.25, 0.3) is 0 Å². The summed E-state index contributed by atoms with van der Waals surface area (Å²) in [5.41, 5.74) is 7.55. The van der Waals surface area contributed by atoms with Crippen molar-refractivity contribution >= 4 is 29.9 Å². The van der Waals surface area contributed by atoms with E-state index in [-0.39, 0.29) is 35.7 Å². The molecule has 152 valence electrons. The molecule has 3 N–H and O–H groups in total. The lowest BCUT2D eigenvalue weighted by atomic mass is 9.92. The minimum Gasteiger partial charge on any atom is -0.338 e. The van der Waals surface area contributed by atoms with Crippen LogP contribution in [-0.2, 0) is 16.0 Å². The molecule has 5 nitrogen and oxygen atoms in total. The Balaban J connectivity index is 0.00000364. The van der Waals surface area contributed by atoms with Gasteiger partial charge in [-0.05, 0) is 41.9 Å². The zero-order valence-corrected chi connectivity index (χ0v) is 17.8. The number of nitrogens with two attached hydrogens (primary N) is 1. The third-order valence-corrected chi connectivity index (χ3v) is 4.85. The smallest absolute Gasteiger partial charge is 0.227 e. The van der Waals surface area contributed by atoms with Crippen molar-refractivity contribution in [2.24, 2.45) is 17.1 Å². The summed E-state index contributed by atoms with van der Waals surface area (Å²) in [4.78, 5) is 26.6. The molecular formula is C21H34ClN3O2. The molecule has 0 bridgehead atoms. The van der Waals surface area contributed by atoms with Gasteiger partial charge in [0, 0.05) is 31.2 Å². The molecule has 27 heavy (non-hydrogen) atoms. The minimum absolute atomic E-state index is 0. The Morgan fingerprint density at radius 3 is 2.41 bits per heavy atom. The van der Waals surface area contributed by atoms with E-state index in [2.05, 4.69) is 12.2 Å². The summed E-state index contributed by atoms with van der Waals surface area (Å²) in [5, 5.41) is 2.91. The Hall–Kier alpha value is -1.59. The third-order valence-electron chi connectivity index (χ3n) is 4.85. The van der Waals surface area contributed by atoms with Crippen LogP contribution in [0.5, 0.6) is 0 Å². The minimum atomic E-state index is -0.0398. The maximum atomic E-state index is 12.7. The van der Waals surface area contributed by atoms with Gasteiger partial charge in [0.15, 0.2) is 0 Å². The first-order chi connectivity index (χ1) is 12.2. The Morgan fingerprint density at radius 2 is 1.85 bits per heavy atom. The van der Waals surface area contributed by atoms with Crippen LogP contribution < -0.4 is 11.1 Å². The molecule has 0 spiro atoms. The van der Waals surface area contributed by atoms with Crippen LogP contribution in [0.1, 0.15) is 52.5 Å². The first-order valence-electron chi connectivity index (χ1n) is 9.56. The van der Waals surface area contributed by atoms with Crippen molar-refractivity contribution in [3.8, 4) is 0 Å². The number of halogens is 1. The number of hydrogen-bond acceptors (Lipinski definition) is 3. The largest absolute Gasteiger partial charge is 0.338 e. The third kappa shape index (κ3) is 7.51. The highest BCUT2D eigenvalue weighted by molar-refractivity contribution is 5.91. The second-order valence-corrected chi connectivity index (χ2v) is 8.77. The van der Waals surface area contributed by atoms with Gasteiger partial charge in [0.2, 0.25) is 11.8 Å². The van der Waals surface area contributed by atoms with Crippen molar-refractivity contribution < 1.29 is 9.59 Å². The van der Waals surface area contributed by atoms with Gasteiger partial charge in [-0.2, -0.15) is 0 Å². The monoisotopic (exact) mass is 395 g/mol. The molecule has 2 rings (SSSR count). The maximum Gasteiger partial charge on any atom is 0.227 e. The number of rotatable bonds is 5. The van der Waals surface area contributed by atoms with Crippen molar-refractivity contribution in [3.05, 3.63) is 29.8 Å². The number of benzene rings is 1. The molecule has 0 aromatic heterocycles. The fourth-order valence-corrected chi connectivity index (χ4v) is 3.47. The molecule has 2 amide bonds. The second-order valence-electron chi connectivity index (χ2n) is 8.77. The van der Waals surface area contributed by atoms with E-state index in [0.717, 1.165) is 30.6 Å². The molecule has 1 aromatic rings. The van der Waals surface area contributed by atoms with Crippen LogP contribution in [-0.4, -0.2) is 35.8 Å². The van der Waals surface area contributed by atoms with E-state index < -0.39 is 0 Å². The number of anilines is 1. The van der Waals surface area contributed by atoms with Crippen LogP contribution in [0.3, 0.4) is 0 Å². The molecular weight excluding hydrogens is 362 g/mol. The van der Waals surface area contributed by atoms with Gasteiger partial charge in [0.25, 0.3) is 0 Å². The van der Waals surface area contributed by atoms with Crippen molar-refractivity contribution in [1.82, 2.24) is 4.90 Å². The van der Waals surface area contributed by atoms with E-state index in [1.165, 1.54) is 0 Å². The molecule has 2 unspecified atom stereocenters. The van der Waals surface area contributed by atoms with E-state index >= 15 is 0 Å². The Labute approximate surface area is 169 Å². The lowest BCUT2D eigenvalue weighted by Crippen LogP contribution is -2.49. The van der Waals surface area contributed by atoms with Crippen molar-refractivity contribution in [2.45, 2.75) is 59.4 Å². The number of piperidine rings is 1. The summed E-state index contributed by atoms with van der Waals surface area (Å²) in [6.45, 7) is 9.65. The van der Waals surface area contributed by atoms with Crippen LogP contribution in [0.15, 0.2) is 24.3 Å². The lowest BCUT2D eigenvalue weighted by Gasteiger charge is -2.38. The number of nitrogens with zero attached hydrogens (tertiary/aromatic N) is 1. The highest BCUT2D eigenvalue weighted by Crippen LogP contribution is 2.23. The molecule has 1 heterocycles. The number of carbonyl (C=O) groups is 2. The fourth-order valence-electron chi connectivity index (χ4n) is 3.47. The maximum absolute atomic E-state index is 12.7. The van der Waals surface area contributed by atoms with Gasteiger partial charge in [-0.25, -0.2) is 0 Å². The van der Waals surface area contributed by atoms with Crippen molar-refractivity contribution in [1.29, 1.82) is 0 Å². The van der Waals surface area contributed by atoms with Gasteiger partial charge in [0.05, 0.1) is 6.42 Å². The highest BCUT2D eigenvalue weighted by atomic mass is 35.5. The number of likely N-dealkylation sites (tertiary alicyclic amines) is 1.